The standard InChI is InChI=1S/C23H24/c1-4-12-21(18-17-19-13-8-7-9-14-19)22(6-3)23-16-11-10-15-20(23)5-2/h4-6,8,10-18H,1-2,7,9H2,3H3/b18-17-,21-12+,22-6-. The summed E-state index contributed by atoms with van der Waals surface area (Å²) in [5.41, 5.74) is 5.93. The first-order chi connectivity index (χ1) is 11.3. The minimum atomic E-state index is 1.12. The second-order valence-electron chi connectivity index (χ2n) is 5.37. The molecule has 0 atom stereocenters. The maximum absolute atomic E-state index is 3.93. The van der Waals surface area contributed by atoms with Crippen LogP contribution in [0.25, 0.3) is 11.6 Å². The molecule has 0 saturated heterocycles. The van der Waals surface area contributed by atoms with Gasteiger partial charge in [0.25, 0.3) is 0 Å². The summed E-state index contributed by atoms with van der Waals surface area (Å²) in [6, 6.07) is 8.33. The molecule has 0 unspecified atom stereocenters. The molecule has 1 aromatic carbocycles. The van der Waals surface area contributed by atoms with Crippen molar-refractivity contribution >= 4 is 11.6 Å². The van der Waals surface area contributed by atoms with Crippen molar-refractivity contribution in [2.45, 2.75) is 19.8 Å². The molecule has 0 fully saturated rings. The molecule has 0 saturated carbocycles. The van der Waals surface area contributed by atoms with Gasteiger partial charge in [0, 0.05) is 0 Å². The minimum absolute atomic E-state index is 1.12. The van der Waals surface area contributed by atoms with E-state index < -0.39 is 0 Å². The van der Waals surface area contributed by atoms with Crippen molar-refractivity contribution < 1.29 is 0 Å². The second-order valence-corrected chi connectivity index (χ2v) is 5.37. The van der Waals surface area contributed by atoms with Gasteiger partial charge in [0.15, 0.2) is 0 Å². The number of benzene rings is 1. The molecular weight excluding hydrogens is 276 g/mol. The van der Waals surface area contributed by atoms with Crippen molar-refractivity contribution in [2.24, 2.45) is 0 Å². The maximum Gasteiger partial charge on any atom is -0.0109 e. The van der Waals surface area contributed by atoms with Crippen LogP contribution >= 0.6 is 0 Å². The Morgan fingerprint density at radius 2 is 1.96 bits per heavy atom. The normalized spacial score (nSPS) is 15.6. The van der Waals surface area contributed by atoms with Crippen LogP contribution in [0.3, 0.4) is 0 Å². The van der Waals surface area contributed by atoms with Crippen LogP contribution in [0, 0.1) is 0 Å². The molecule has 2 rings (SSSR count). The summed E-state index contributed by atoms with van der Waals surface area (Å²) in [5.74, 6) is 0. The topological polar surface area (TPSA) is 0 Å². The lowest BCUT2D eigenvalue weighted by atomic mass is 9.92. The molecule has 0 heterocycles. The van der Waals surface area contributed by atoms with Gasteiger partial charge in [0.2, 0.25) is 0 Å². The number of rotatable bonds is 6. The molecule has 0 amide bonds. The van der Waals surface area contributed by atoms with Crippen LogP contribution in [0.1, 0.15) is 30.9 Å². The lowest BCUT2D eigenvalue weighted by Crippen LogP contribution is -1.92. The van der Waals surface area contributed by atoms with Gasteiger partial charge in [0.05, 0.1) is 0 Å². The van der Waals surface area contributed by atoms with Crippen molar-refractivity contribution in [1.29, 1.82) is 0 Å². The highest BCUT2D eigenvalue weighted by molar-refractivity contribution is 5.86. The van der Waals surface area contributed by atoms with Crippen LogP contribution in [0.5, 0.6) is 0 Å². The van der Waals surface area contributed by atoms with Crippen LogP contribution in [0.2, 0.25) is 0 Å². The van der Waals surface area contributed by atoms with Gasteiger partial charge in [-0.25, -0.2) is 0 Å². The average molecular weight is 300 g/mol. The smallest absolute Gasteiger partial charge is 0.0109 e. The van der Waals surface area contributed by atoms with E-state index in [-0.39, 0.29) is 0 Å². The summed E-state index contributed by atoms with van der Waals surface area (Å²) < 4.78 is 0. The van der Waals surface area contributed by atoms with E-state index in [1.54, 1.807) is 0 Å². The van der Waals surface area contributed by atoms with Crippen LogP contribution in [0.15, 0.2) is 97.2 Å². The molecule has 1 aliphatic rings. The fourth-order valence-corrected chi connectivity index (χ4v) is 2.70. The Balaban J connectivity index is 2.39. The maximum atomic E-state index is 3.93. The van der Waals surface area contributed by atoms with E-state index in [0.29, 0.717) is 0 Å². The van der Waals surface area contributed by atoms with Gasteiger partial charge < -0.3 is 0 Å². The number of hydrogen-bond donors (Lipinski definition) is 0. The quantitative estimate of drug-likeness (QED) is 0.514. The summed E-state index contributed by atoms with van der Waals surface area (Å²) in [7, 11) is 0. The lowest BCUT2D eigenvalue weighted by Gasteiger charge is -2.12. The Morgan fingerprint density at radius 3 is 2.61 bits per heavy atom. The third-order valence-electron chi connectivity index (χ3n) is 3.85. The van der Waals surface area contributed by atoms with Crippen molar-refractivity contribution in [3.63, 3.8) is 0 Å². The summed E-state index contributed by atoms with van der Waals surface area (Å²) in [4.78, 5) is 0. The molecule has 1 aliphatic carbocycles. The highest BCUT2D eigenvalue weighted by atomic mass is 14.1. The molecule has 0 radical (unpaired) electrons. The van der Waals surface area contributed by atoms with E-state index in [2.05, 4.69) is 80.8 Å². The van der Waals surface area contributed by atoms with E-state index in [0.717, 1.165) is 24.0 Å². The molecule has 0 N–H and O–H groups in total. The lowest BCUT2D eigenvalue weighted by molar-refractivity contribution is 1.02. The molecule has 1 aromatic rings. The molecule has 23 heavy (non-hydrogen) atoms. The highest BCUT2D eigenvalue weighted by Crippen LogP contribution is 2.28. The molecule has 0 heteroatoms. The van der Waals surface area contributed by atoms with Crippen LogP contribution in [-0.2, 0) is 0 Å². The summed E-state index contributed by atoms with van der Waals surface area (Å²) in [6.07, 6.45) is 21.2. The van der Waals surface area contributed by atoms with Gasteiger partial charge >= 0.3 is 0 Å². The van der Waals surface area contributed by atoms with Gasteiger partial charge in [0.1, 0.15) is 0 Å². The van der Waals surface area contributed by atoms with Crippen LogP contribution in [0.4, 0.5) is 0 Å². The zero-order valence-corrected chi connectivity index (χ0v) is 13.8. The molecule has 0 nitrogen and oxygen atoms in total. The van der Waals surface area contributed by atoms with Crippen molar-refractivity contribution in [2.75, 3.05) is 0 Å². The van der Waals surface area contributed by atoms with Crippen LogP contribution < -0.4 is 0 Å². The monoisotopic (exact) mass is 300 g/mol. The average Bonchev–Trinajstić information content (AvgIpc) is 2.61. The Bertz CT molecular complexity index is 718. The van der Waals surface area contributed by atoms with E-state index in [1.807, 2.05) is 18.2 Å². The van der Waals surface area contributed by atoms with Crippen molar-refractivity contribution in [1.82, 2.24) is 0 Å². The van der Waals surface area contributed by atoms with Crippen molar-refractivity contribution in [3.8, 4) is 0 Å². The molecule has 0 aliphatic heterocycles. The fourth-order valence-electron chi connectivity index (χ4n) is 2.70. The largest absolute Gasteiger partial charge is 0.0990 e. The minimum Gasteiger partial charge on any atom is -0.0990 e. The molecular formula is C23H24. The summed E-state index contributed by atoms with van der Waals surface area (Å²) in [6.45, 7) is 9.86. The van der Waals surface area contributed by atoms with Gasteiger partial charge in [-0.2, -0.15) is 0 Å². The van der Waals surface area contributed by atoms with E-state index in [9.17, 15) is 0 Å². The SMILES string of the molecule is C=C/C=C(\C=C/C1=CCCC=C1)C(=C/C)/c1ccccc1C=C. The third kappa shape index (κ3) is 4.43. The Hall–Kier alpha value is -2.60. The van der Waals surface area contributed by atoms with Gasteiger partial charge in [-0.3, -0.25) is 0 Å². The molecule has 0 bridgehead atoms. The Labute approximate surface area is 140 Å². The van der Waals surface area contributed by atoms with E-state index in [1.165, 1.54) is 16.7 Å². The summed E-state index contributed by atoms with van der Waals surface area (Å²) in [5, 5.41) is 0. The Kier molecular flexibility index (Phi) is 6.38. The number of hydrogen-bond acceptors (Lipinski definition) is 0. The highest BCUT2D eigenvalue weighted by Gasteiger charge is 2.07. The zero-order valence-electron chi connectivity index (χ0n) is 13.8. The van der Waals surface area contributed by atoms with E-state index in [4.69, 9.17) is 0 Å². The molecule has 0 aromatic heterocycles. The van der Waals surface area contributed by atoms with Gasteiger partial charge in [-0.1, -0.05) is 92.1 Å². The first-order valence-electron chi connectivity index (χ1n) is 8.06. The predicted molar refractivity (Wildman–Crippen MR) is 104 cm³/mol. The van der Waals surface area contributed by atoms with Crippen molar-refractivity contribution in [3.05, 3.63) is 108 Å². The second kappa shape index (κ2) is 8.75. The first-order valence-corrected chi connectivity index (χ1v) is 8.06. The van der Waals surface area contributed by atoms with Gasteiger partial charge in [-0.05, 0) is 47.6 Å². The van der Waals surface area contributed by atoms with Gasteiger partial charge in [-0.15, -0.1) is 0 Å². The van der Waals surface area contributed by atoms with E-state index >= 15 is 0 Å². The fraction of sp³-hybridized carbons (Fsp3) is 0.130. The molecule has 116 valence electrons. The zero-order chi connectivity index (χ0) is 16.5. The first kappa shape index (κ1) is 16.8. The summed E-state index contributed by atoms with van der Waals surface area (Å²) >= 11 is 0. The third-order valence-corrected chi connectivity index (χ3v) is 3.85. The van der Waals surface area contributed by atoms with Crippen LogP contribution in [-0.4, -0.2) is 0 Å². The predicted octanol–water partition coefficient (Wildman–Crippen LogP) is 6.68. The Morgan fingerprint density at radius 1 is 1.13 bits per heavy atom. The molecule has 0 spiro atoms. The number of allylic oxidation sites excluding steroid dienone is 11.